The maximum atomic E-state index is 12.4. The highest BCUT2D eigenvalue weighted by atomic mass is 16.2. The van der Waals surface area contributed by atoms with Crippen LogP contribution in [0, 0.1) is 6.92 Å². The maximum Gasteiger partial charge on any atom is 0.243 e. The summed E-state index contributed by atoms with van der Waals surface area (Å²) in [5.41, 5.74) is 3.30. The van der Waals surface area contributed by atoms with Crippen molar-refractivity contribution in [2.24, 2.45) is 0 Å². The Morgan fingerprint density at radius 3 is 2.41 bits per heavy atom. The van der Waals surface area contributed by atoms with Crippen LogP contribution in [0.25, 0.3) is 10.8 Å². The molecule has 3 aromatic carbocycles. The molecule has 3 rings (SSSR count). The van der Waals surface area contributed by atoms with E-state index in [1.807, 2.05) is 74.5 Å². The first-order chi connectivity index (χ1) is 13.1. The summed E-state index contributed by atoms with van der Waals surface area (Å²) >= 11 is 0. The molecule has 0 aromatic heterocycles. The number of carbonyl (C=O) groups is 2. The Balaban J connectivity index is 1.65. The predicted octanol–water partition coefficient (Wildman–Crippen LogP) is 4.55. The van der Waals surface area contributed by atoms with Gasteiger partial charge in [0, 0.05) is 28.9 Å². The first-order valence-electron chi connectivity index (χ1n) is 8.99. The van der Waals surface area contributed by atoms with Gasteiger partial charge in [-0.1, -0.05) is 49.4 Å². The van der Waals surface area contributed by atoms with E-state index in [0.29, 0.717) is 6.42 Å². The molecular formula is C22H23N3O2. The zero-order chi connectivity index (χ0) is 19.2. The maximum absolute atomic E-state index is 12.4. The second-order valence-electron chi connectivity index (χ2n) is 6.36. The number of anilines is 3. The number of rotatable bonds is 6. The molecule has 0 saturated carbocycles. The smallest absolute Gasteiger partial charge is 0.243 e. The highest BCUT2D eigenvalue weighted by Crippen LogP contribution is 2.23. The molecule has 3 N–H and O–H groups in total. The minimum absolute atomic E-state index is 0.0380. The van der Waals surface area contributed by atoms with E-state index >= 15 is 0 Å². The molecule has 2 amide bonds. The van der Waals surface area contributed by atoms with Gasteiger partial charge in [-0.3, -0.25) is 9.59 Å². The Hall–Kier alpha value is -3.34. The van der Waals surface area contributed by atoms with E-state index in [9.17, 15) is 9.59 Å². The molecule has 3 aromatic rings. The van der Waals surface area contributed by atoms with Crippen LogP contribution in [0.2, 0.25) is 0 Å². The molecule has 0 heterocycles. The van der Waals surface area contributed by atoms with E-state index in [1.54, 1.807) is 0 Å². The van der Waals surface area contributed by atoms with Crippen LogP contribution in [0.15, 0.2) is 60.7 Å². The quantitative estimate of drug-likeness (QED) is 0.603. The van der Waals surface area contributed by atoms with Crippen molar-refractivity contribution in [3.8, 4) is 0 Å². The van der Waals surface area contributed by atoms with Crippen molar-refractivity contribution in [3.05, 3.63) is 66.2 Å². The topological polar surface area (TPSA) is 70.2 Å². The lowest BCUT2D eigenvalue weighted by atomic mass is 10.1. The fraction of sp³-hybridized carbons (Fsp3) is 0.182. The molecule has 0 radical (unpaired) electrons. The summed E-state index contributed by atoms with van der Waals surface area (Å²) in [5.74, 6) is -0.171. The van der Waals surface area contributed by atoms with Crippen molar-refractivity contribution >= 4 is 39.6 Å². The van der Waals surface area contributed by atoms with Crippen LogP contribution in [0.4, 0.5) is 17.1 Å². The lowest BCUT2D eigenvalue weighted by Crippen LogP contribution is -2.22. The summed E-state index contributed by atoms with van der Waals surface area (Å²) in [4.78, 5) is 24.0. The van der Waals surface area contributed by atoms with Gasteiger partial charge in [0.15, 0.2) is 0 Å². The van der Waals surface area contributed by atoms with E-state index in [0.717, 1.165) is 33.4 Å². The molecule has 0 aliphatic rings. The standard InChI is InChI=1S/C22H23N3O2/c1-3-21(26)25-20-13-17(12-11-15(20)2)23-14-22(27)24-19-10-6-8-16-7-4-5-9-18(16)19/h4-13,23H,3,14H2,1-2H3,(H,24,27)(H,25,26). The van der Waals surface area contributed by atoms with Crippen molar-refractivity contribution in [2.45, 2.75) is 20.3 Å². The first-order valence-corrected chi connectivity index (χ1v) is 8.99. The van der Waals surface area contributed by atoms with E-state index in [2.05, 4.69) is 16.0 Å². The Kier molecular flexibility index (Phi) is 5.71. The predicted molar refractivity (Wildman–Crippen MR) is 111 cm³/mol. The van der Waals surface area contributed by atoms with Crippen molar-refractivity contribution in [2.75, 3.05) is 22.5 Å². The molecule has 0 unspecified atom stereocenters. The van der Waals surface area contributed by atoms with Gasteiger partial charge in [-0.05, 0) is 36.1 Å². The molecule has 0 atom stereocenters. The summed E-state index contributed by atoms with van der Waals surface area (Å²) in [6.45, 7) is 3.88. The number of amides is 2. The normalized spacial score (nSPS) is 10.4. The van der Waals surface area contributed by atoms with Crippen LogP contribution >= 0.6 is 0 Å². The average molecular weight is 361 g/mol. The van der Waals surface area contributed by atoms with Gasteiger partial charge in [-0.15, -0.1) is 0 Å². The average Bonchev–Trinajstić information content (AvgIpc) is 2.68. The molecule has 0 saturated heterocycles. The van der Waals surface area contributed by atoms with Gasteiger partial charge in [0.25, 0.3) is 0 Å². The van der Waals surface area contributed by atoms with E-state index in [1.165, 1.54) is 0 Å². The fourth-order valence-electron chi connectivity index (χ4n) is 2.82. The Morgan fingerprint density at radius 2 is 1.59 bits per heavy atom. The van der Waals surface area contributed by atoms with Gasteiger partial charge >= 0.3 is 0 Å². The lowest BCUT2D eigenvalue weighted by Gasteiger charge is -2.13. The molecule has 0 spiro atoms. The van der Waals surface area contributed by atoms with E-state index in [4.69, 9.17) is 0 Å². The SMILES string of the molecule is CCC(=O)Nc1cc(NCC(=O)Nc2cccc3ccccc23)ccc1C. The van der Waals surface area contributed by atoms with Crippen LogP contribution in [-0.2, 0) is 9.59 Å². The van der Waals surface area contributed by atoms with Gasteiger partial charge in [0.1, 0.15) is 0 Å². The number of hydrogen-bond acceptors (Lipinski definition) is 3. The third-order valence-corrected chi connectivity index (χ3v) is 4.35. The summed E-state index contributed by atoms with van der Waals surface area (Å²) < 4.78 is 0. The highest BCUT2D eigenvalue weighted by Gasteiger charge is 2.07. The third-order valence-electron chi connectivity index (χ3n) is 4.35. The fourth-order valence-corrected chi connectivity index (χ4v) is 2.82. The number of benzene rings is 3. The number of fused-ring (bicyclic) bond motifs is 1. The zero-order valence-corrected chi connectivity index (χ0v) is 15.5. The minimum Gasteiger partial charge on any atom is -0.376 e. The molecule has 0 fully saturated rings. The van der Waals surface area contributed by atoms with Crippen molar-refractivity contribution in [1.82, 2.24) is 0 Å². The van der Waals surface area contributed by atoms with Crippen LogP contribution < -0.4 is 16.0 Å². The molecule has 0 aliphatic carbocycles. The van der Waals surface area contributed by atoms with E-state index in [-0.39, 0.29) is 18.4 Å². The summed E-state index contributed by atoms with van der Waals surface area (Å²) in [6, 6.07) is 19.4. The monoisotopic (exact) mass is 361 g/mol. The third kappa shape index (κ3) is 4.64. The highest BCUT2D eigenvalue weighted by molar-refractivity contribution is 6.03. The number of carbonyl (C=O) groups excluding carboxylic acids is 2. The zero-order valence-electron chi connectivity index (χ0n) is 15.5. The molecule has 0 aliphatic heterocycles. The van der Waals surface area contributed by atoms with E-state index < -0.39 is 0 Å². The van der Waals surface area contributed by atoms with Gasteiger partial charge in [0.2, 0.25) is 11.8 Å². The molecule has 0 bridgehead atoms. The van der Waals surface area contributed by atoms with Crippen molar-refractivity contribution in [3.63, 3.8) is 0 Å². The Bertz CT molecular complexity index is 977. The lowest BCUT2D eigenvalue weighted by molar-refractivity contribution is -0.116. The second kappa shape index (κ2) is 8.36. The van der Waals surface area contributed by atoms with Crippen LogP contribution in [0.3, 0.4) is 0 Å². The summed E-state index contributed by atoms with van der Waals surface area (Å²) in [5, 5.41) is 11.0. The van der Waals surface area contributed by atoms with Gasteiger partial charge in [0.05, 0.1) is 6.54 Å². The molecule has 5 nitrogen and oxygen atoms in total. The summed E-state index contributed by atoms with van der Waals surface area (Å²) in [6.07, 6.45) is 0.421. The summed E-state index contributed by atoms with van der Waals surface area (Å²) in [7, 11) is 0. The Morgan fingerprint density at radius 1 is 0.852 bits per heavy atom. The van der Waals surface area contributed by atoms with Crippen LogP contribution in [0.5, 0.6) is 0 Å². The molecule has 138 valence electrons. The number of nitrogens with one attached hydrogen (secondary N) is 3. The largest absolute Gasteiger partial charge is 0.376 e. The first kappa shape index (κ1) is 18.5. The van der Waals surface area contributed by atoms with Crippen molar-refractivity contribution in [1.29, 1.82) is 0 Å². The molecule has 27 heavy (non-hydrogen) atoms. The molecular weight excluding hydrogens is 338 g/mol. The minimum atomic E-state index is -0.133. The van der Waals surface area contributed by atoms with Gasteiger partial charge < -0.3 is 16.0 Å². The number of hydrogen-bond donors (Lipinski definition) is 3. The van der Waals surface area contributed by atoms with Crippen molar-refractivity contribution < 1.29 is 9.59 Å². The van der Waals surface area contributed by atoms with Crippen LogP contribution in [-0.4, -0.2) is 18.4 Å². The molecule has 5 heteroatoms. The Labute approximate surface area is 158 Å². The van der Waals surface area contributed by atoms with Gasteiger partial charge in [-0.25, -0.2) is 0 Å². The second-order valence-corrected chi connectivity index (χ2v) is 6.36. The number of aryl methyl sites for hydroxylation is 1. The van der Waals surface area contributed by atoms with Crippen LogP contribution in [0.1, 0.15) is 18.9 Å². The van der Waals surface area contributed by atoms with Gasteiger partial charge in [-0.2, -0.15) is 0 Å².